The highest BCUT2D eigenvalue weighted by Gasteiger charge is 2.42. The number of aliphatic imine (C=N–C) groups is 1. The molecule has 0 fully saturated rings. The molecule has 0 spiro atoms. The third-order valence-electron chi connectivity index (χ3n) is 10.1. The number of tetrazole rings is 1. The largest absolute Gasteiger partial charge is 0.462 e. The van der Waals surface area contributed by atoms with Crippen LogP contribution in [0.3, 0.4) is 0 Å². The SMILES string of the molecule is CCCCC1=NC(Cl)=C(C(=O)OCC)C(C)N1Cc1ccc(-c2ccccc2-c2nnnn2C(c2ccccc2)(c2ccccc2)c2ccccc2)cc1. The van der Waals surface area contributed by atoms with E-state index in [1.165, 1.54) is 0 Å². The number of carbonyl (C=O) groups is 1. The van der Waals surface area contributed by atoms with Gasteiger partial charge in [0.25, 0.3) is 0 Å². The van der Waals surface area contributed by atoms with Gasteiger partial charge in [-0.15, -0.1) is 5.10 Å². The zero-order chi connectivity index (χ0) is 37.5. The Balaban J connectivity index is 1.28. The monoisotopic (exact) mass is 734 g/mol. The van der Waals surface area contributed by atoms with Gasteiger partial charge in [-0.25, -0.2) is 14.5 Å². The number of aromatic nitrogens is 4. The molecule has 1 aromatic heterocycles. The van der Waals surface area contributed by atoms with E-state index >= 15 is 0 Å². The van der Waals surface area contributed by atoms with Gasteiger partial charge in [0.1, 0.15) is 16.5 Å². The molecule has 1 unspecified atom stereocenters. The van der Waals surface area contributed by atoms with E-state index in [4.69, 9.17) is 31.6 Å². The molecule has 7 rings (SSSR count). The number of carbonyl (C=O) groups excluding carboxylic acids is 1. The number of nitrogens with zero attached hydrogens (tertiary/aromatic N) is 6. The van der Waals surface area contributed by atoms with Gasteiger partial charge in [0, 0.05) is 18.5 Å². The highest BCUT2D eigenvalue weighted by atomic mass is 35.5. The van der Waals surface area contributed by atoms with E-state index in [2.05, 4.69) is 126 Å². The first-order valence-electron chi connectivity index (χ1n) is 18.5. The van der Waals surface area contributed by atoms with Gasteiger partial charge in [0.15, 0.2) is 5.82 Å². The normalized spacial score (nSPS) is 14.6. The molecule has 54 heavy (non-hydrogen) atoms. The fraction of sp³-hybridized carbons (Fsp3) is 0.222. The number of hydrogen-bond acceptors (Lipinski definition) is 7. The number of benzene rings is 5. The smallest absolute Gasteiger partial charge is 0.339 e. The molecular formula is C45H43ClN6O2. The molecule has 0 radical (unpaired) electrons. The summed E-state index contributed by atoms with van der Waals surface area (Å²) in [5.41, 5.74) is 6.63. The Morgan fingerprint density at radius 1 is 0.759 bits per heavy atom. The van der Waals surface area contributed by atoms with Crippen molar-refractivity contribution in [3.63, 3.8) is 0 Å². The molecule has 1 aliphatic rings. The van der Waals surface area contributed by atoms with E-state index in [-0.39, 0.29) is 17.8 Å². The first-order valence-corrected chi connectivity index (χ1v) is 18.9. The Labute approximate surface area is 321 Å². The zero-order valence-corrected chi connectivity index (χ0v) is 31.5. The lowest BCUT2D eigenvalue weighted by molar-refractivity contribution is -0.139. The van der Waals surface area contributed by atoms with Gasteiger partial charge in [-0.3, -0.25) is 0 Å². The van der Waals surface area contributed by atoms with E-state index in [0.29, 0.717) is 17.9 Å². The van der Waals surface area contributed by atoms with E-state index in [9.17, 15) is 4.79 Å². The molecule has 9 heteroatoms. The number of rotatable bonds is 13. The highest BCUT2D eigenvalue weighted by Crippen LogP contribution is 2.43. The van der Waals surface area contributed by atoms with Gasteiger partial charge in [0.05, 0.1) is 18.2 Å². The summed E-state index contributed by atoms with van der Waals surface area (Å²) >= 11 is 6.59. The second-order valence-electron chi connectivity index (χ2n) is 13.3. The lowest BCUT2D eigenvalue weighted by Crippen LogP contribution is -2.43. The Morgan fingerprint density at radius 2 is 1.31 bits per heavy atom. The highest BCUT2D eigenvalue weighted by molar-refractivity contribution is 6.32. The zero-order valence-electron chi connectivity index (χ0n) is 30.8. The van der Waals surface area contributed by atoms with Gasteiger partial charge in [0.2, 0.25) is 0 Å². The van der Waals surface area contributed by atoms with E-state index in [1.807, 2.05) is 41.9 Å². The summed E-state index contributed by atoms with van der Waals surface area (Å²) in [5, 5.41) is 14.0. The van der Waals surface area contributed by atoms with Crippen molar-refractivity contribution in [2.45, 2.75) is 58.2 Å². The molecular weight excluding hydrogens is 692 g/mol. The van der Waals surface area contributed by atoms with Crippen molar-refractivity contribution in [3.8, 4) is 22.5 Å². The molecule has 0 aliphatic carbocycles. The van der Waals surface area contributed by atoms with Crippen LogP contribution < -0.4 is 0 Å². The molecule has 0 saturated carbocycles. The van der Waals surface area contributed by atoms with Crippen LogP contribution in [-0.2, 0) is 21.6 Å². The second kappa shape index (κ2) is 16.4. The number of halogens is 1. The minimum atomic E-state index is -0.874. The summed E-state index contributed by atoms with van der Waals surface area (Å²) in [7, 11) is 0. The van der Waals surface area contributed by atoms with Gasteiger partial charge in [-0.1, -0.05) is 164 Å². The van der Waals surface area contributed by atoms with Crippen LogP contribution in [0.5, 0.6) is 0 Å². The number of amidine groups is 1. The number of esters is 1. The van der Waals surface area contributed by atoms with Crippen LogP contribution in [0, 0.1) is 0 Å². The molecule has 6 aromatic rings. The fourth-order valence-corrected chi connectivity index (χ4v) is 7.75. The van der Waals surface area contributed by atoms with Gasteiger partial charge >= 0.3 is 5.97 Å². The Bertz CT molecular complexity index is 2160. The summed E-state index contributed by atoms with van der Waals surface area (Å²) in [5.74, 6) is 1.09. The molecule has 1 aliphatic heterocycles. The summed E-state index contributed by atoms with van der Waals surface area (Å²) in [6.07, 6.45) is 2.76. The average molecular weight is 735 g/mol. The first-order chi connectivity index (χ1) is 26.5. The van der Waals surface area contributed by atoms with E-state index < -0.39 is 11.5 Å². The van der Waals surface area contributed by atoms with E-state index in [0.717, 1.165) is 64.0 Å². The van der Waals surface area contributed by atoms with Crippen LogP contribution in [0.15, 0.2) is 155 Å². The minimum absolute atomic E-state index is 0.216. The maximum absolute atomic E-state index is 12.9. The van der Waals surface area contributed by atoms with Gasteiger partial charge in [-0.05, 0) is 64.1 Å². The fourth-order valence-electron chi connectivity index (χ4n) is 7.42. The predicted molar refractivity (Wildman–Crippen MR) is 215 cm³/mol. The maximum Gasteiger partial charge on any atom is 0.339 e. The predicted octanol–water partition coefficient (Wildman–Crippen LogP) is 9.65. The Kier molecular flexibility index (Phi) is 11.1. The molecule has 0 bridgehead atoms. The van der Waals surface area contributed by atoms with Gasteiger partial charge < -0.3 is 9.64 Å². The Hall–Kier alpha value is -5.86. The van der Waals surface area contributed by atoms with Crippen LogP contribution in [0.25, 0.3) is 22.5 Å². The van der Waals surface area contributed by atoms with Crippen molar-refractivity contribution in [2.75, 3.05) is 6.61 Å². The first kappa shape index (κ1) is 36.5. The van der Waals surface area contributed by atoms with Gasteiger partial charge in [-0.2, -0.15) is 0 Å². The molecule has 1 atom stereocenters. The van der Waals surface area contributed by atoms with Crippen LogP contribution in [0.1, 0.15) is 62.3 Å². The minimum Gasteiger partial charge on any atom is -0.462 e. The van der Waals surface area contributed by atoms with Crippen molar-refractivity contribution >= 4 is 23.4 Å². The number of ether oxygens (including phenoxy) is 1. The molecule has 5 aromatic carbocycles. The van der Waals surface area contributed by atoms with E-state index in [1.54, 1.807) is 6.92 Å². The summed E-state index contributed by atoms with van der Waals surface area (Å²) in [6, 6.07) is 47.7. The van der Waals surface area contributed by atoms with Crippen LogP contribution in [0.4, 0.5) is 0 Å². The number of unbranched alkanes of at least 4 members (excludes halogenated alkanes) is 1. The van der Waals surface area contributed by atoms with Crippen LogP contribution in [0.2, 0.25) is 0 Å². The van der Waals surface area contributed by atoms with Crippen molar-refractivity contribution in [3.05, 3.63) is 173 Å². The Morgan fingerprint density at radius 3 is 1.87 bits per heavy atom. The third-order valence-corrected chi connectivity index (χ3v) is 10.4. The van der Waals surface area contributed by atoms with Crippen molar-refractivity contribution in [1.82, 2.24) is 25.1 Å². The van der Waals surface area contributed by atoms with Crippen LogP contribution in [-0.4, -0.2) is 49.6 Å². The topological polar surface area (TPSA) is 85.5 Å². The van der Waals surface area contributed by atoms with Crippen molar-refractivity contribution in [1.29, 1.82) is 0 Å². The summed E-state index contributed by atoms with van der Waals surface area (Å²) in [6.45, 7) is 6.76. The molecule has 272 valence electrons. The standard InChI is InChI=1S/C45H43ClN6O2/c1-4-6-26-40-47-42(46)41(44(53)54-5-2)32(3)51(40)31-33-27-29-34(30-28-33)38-24-16-17-25-39(38)43-48-49-50-52(43)45(35-18-10-7-11-19-35,36-20-12-8-13-21-36)37-22-14-9-15-23-37/h7-25,27-30,32H,4-6,26,31H2,1-3H3. The lowest BCUT2D eigenvalue weighted by Gasteiger charge is -2.36. The van der Waals surface area contributed by atoms with Crippen molar-refractivity contribution in [2.24, 2.45) is 4.99 Å². The number of hydrogen-bond donors (Lipinski definition) is 0. The second-order valence-corrected chi connectivity index (χ2v) is 13.7. The summed E-state index contributed by atoms with van der Waals surface area (Å²) < 4.78 is 7.32. The van der Waals surface area contributed by atoms with Crippen molar-refractivity contribution < 1.29 is 9.53 Å². The maximum atomic E-state index is 12.9. The summed E-state index contributed by atoms with van der Waals surface area (Å²) in [4.78, 5) is 19.8. The molecule has 2 heterocycles. The average Bonchev–Trinajstić information content (AvgIpc) is 3.70. The quantitative estimate of drug-likeness (QED) is 0.0668. The molecule has 0 amide bonds. The molecule has 0 saturated heterocycles. The third kappa shape index (κ3) is 6.97. The van der Waals surface area contributed by atoms with Crippen LogP contribution >= 0.6 is 11.6 Å². The molecule has 0 N–H and O–H groups in total. The molecule has 8 nitrogen and oxygen atoms in total. The lowest BCUT2D eigenvalue weighted by atomic mass is 9.77.